The maximum absolute atomic E-state index is 5.22. The van der Waals surface area contributed by atoms with E-state index in [2.05, 4.69) is 20.5 Å². The van der Waals surface area contributed by atoms with Gasteiger partial charge < -0.3 is 14.8 Å². The van der Waals surface area contributed by atoms with Gasteiger partial charge in [0.05, 0.1) is 6.04 Å². The molecule has 20 heavy (non-hydrogen) atoms. The molecule has 0 bridgehead atoms. The van der Waals surface area contributed by atoms with Crippen LogP contribution in [0.4, 0.5) is 5.69 Å². The van der Waals surface area contributed by atoms with E-state index < -0.39 is 0 Å². The van der Waals surface area contributed by atoms with E-state index in [0.29, 0.717) is 0 Å². The van der Waals surface area contributed by atoms with Gasteiger partial charge in [-0.05, 0) is 31.2 Å². The van der Waals surface area contributed by atoms with Gasteiger partial charge in [0, 0.05) is 24.8 Å². The summed E-state index contributed by atoms with van der Waals surface area (Å²) in [6.07, 6.45) is 1.22. The molecular weight excluding hydrogens is 276 g/mol. The fourth-order valence-electron chi connectivity index (χ4n) is 1.81. The van der Waals surface area contributed by atoms with Crippen molar-refractivity contribution in [1.29, 1.82) is 0 Å². The lowest BCUT2D eigenvalue weighted by atomic mass is 10.2. The Morgan fingerprint density at radius 3 is 2.45 bits per heavy atom. The Hall–Kier alpha value is -1.57. The molecule has 0 aliphatic rings. The lowest BCUT2D eigenvalue weighted by Gasteiger charge is -2.23. The van der Waals surface area contributed by atoms with E-state index in [4.69, 9.17) is 9.47 Å². The predicted octanol–water partition coefficient (Wildman–Crippen LogP) is 2.38. The quantitative estimate of drug-likeness (QED) is 0.764. The van der Waals surface area contributed by atoms with Crippen molar-refractivity contribution in [3.8, 4) is 0 Å². The van der Waals surface area contributed by atoms with E-state index in [9.17, 15) is 0 Å². The van der Waals surface area contributed by atoms with Crippen molar-refractivity contribution in [2.75, 3.05) is 19.5 Å². The lowest BCUT2D eigenvalue weighted by Crippen LogP contribution is -2.33. The number of H-pyrrole nitrogens is 1. The molecule has 2 rings (SSSR count). The van der Waals surface area contributed by atoms with Gasteiger partial charge in [0.25, 0.3) is 0 Å². The highest BCUT2D eigenvalue weighted by Gasteiger charge is 2.15. The van der Waals surface area contributed by atoms with Crippen molar-refractivity contribution < 1.29 is 9.47 Å². The Bertz CT molecular complexity index is 500. The van der Waals surface area contributed by atoms with Gasteiger partial charge >= 0.3 is 0 Å². The molecule has 0 amide bonds. The summed E-state index contributed by atoms with van der Waals surface area (Å²) in [4.78, 5) is 5.17. The summed E-state index contributed by atoms with van der Waals surface area (Å²) in [5.74, 6) is 0. The first-order chi connectivity index (χ1) is 9.72. The second-order valence-electron chi connectivity index (χ2n) is 4.19. The van der Waals surface area contributed by atoms with Crippen LogP contribution in [-0.4, -0.2) is 41.7 Å². The molecule has 2 N–H and O–H groups in total. The van der Waals surface area contributed by atoms with Crippen LogP contribution in [-0.2, 0) is 9.47 Å². The highest BCUT2D eigenvalue weighted by Crippen LogP contribution is 2.25. The minimum Gasteiger partial charge on any atom is -0.377 e. The maximum atomic E-state index is 5.22. The molecule has 0 radical (unpaired) electrons. The Morgan fingerprint density at radius 1 is 1.20 bits per heavy atom. The number of anilines is 1. The Balaban J connectivity index is 1.94. The summed E-state index contributed by atoms with van der Waals surface area (Å²) in [7, 11) is 3.26. The largest absolute Gasteiger partial charge is 0.377 e. The standard InChI is InChI=1S/C13H18N4O2S/c1-9(12(18-2)19-3)16-10-4-6-11(7-5-10)20-13-14-8-15-17-13/h4-9,12,16H,1-3H3,(H,14,15,17). The average molecular weight is 294 g/mol. The number of nitrogens with zero attached hydrogens (tertiary/aromatic N) is 2. The summed E-state index contributed by atoms with van der Waals surface area (Å²) >= 11 is 1.53. The smallest absolute Gasteiger partial charge is 0.188 e. The predicted molar refractivity (Wildman–Crippen MR) is 77.8 cm³/mol. The first-order valence-corrected chi connectivity index (χ1v) is 7.00. The third kappa shape index (κ3) is 3.96. The van der Waals surface area contributed by atoms with Crippen molar-refractivity contribution in [3.63, 3.8) is 0 Å². The van der Waals surface area contributed by atoms with Gasteiger partial charge in [-0.15, -0.1) is 0 Å². The van der Waals surface area contributed by atoms with Gasteiger partial charge in [0.1, 0.15) is 6.33 Å². The van der Waals surface area contributed by atoms with Crippen LogP contribution in [0.2, 0.25) is 0 Å². The maximum Gasteiger partial charge on any atom is 0.188 e. The minimum atomic E-state index is -0.279. The van der Waals surface area contributed by atoms with E-state index >= 15 is 0 Å². The van der Waals surface area contributed by atoms with Gasteiger partial charge in [-0.1, -0.05) is 11.8 Å². The van der Waals surface area contributed by atoms with Crippen LogP contribution >= 0.6 is 11.8 Å². The zero-order valence-corrected chi connectivity index (χ0v) is 12.5. The van der Waals surface area contributed by atoms with E-state index in [0.717, 1.165) is 15.7 Å². The van der Waals surface area contributed by atoms with E-state index in [1.165, 1.54) is 18.1 Å². The molecule has 2 aromatic rings. The van der Waals surface area contributed by atoms with Gasteiger partial charge in [0.2, 0.25) is 0 Å². The summed E-state index contributed by atoms with van der Waals surface area (Å²) in [6.45, 7) is 2.01. The topological polar surface area (TPSA) is 72.1 Å². The number of aromatic nitrogens is 3. The monoisotopic (exact) mass is 294 g/mol. The van der Waals surface area contributed by atoms with Crippen LogP contribution in [0.1, 0.15) is 6.92 Å². The Kier molecular flexibility index (Phi) is 5.40. The lowest BCUT2D eigenvalue weighted by molar-refractivity contribution is -0.109. The highest BCUT2D eigenvalue weighted by molar-refractivity contribution is 7.99. The molecule has 0 aliphatic carbocycles. The molecule has 1 aromatic heterocycles. The summed E-state index contributed by atoms with van der Waals surface area (Å²) in [5.41, 5.74) is 1.01. The summed E-state index contributed by atoms with van der Waals surface area (Å²) in [5, 5.41) is 10.7. The molecule has 0 spiro atoms. The first kappa shape index (κ1) is 14.8. The van der Waals surface area contributed by atoms with Crippen molar-refractivity contribution >= 4 is 17.4 Å². The van der Waals surface area contributed by atoms with E-state index in [-0.39, 0.29) is 12.3 Å². The molecule has 6 nitrogen and oxygen atoms in total. The second-order valence-corrected chi connectivity index (χ2v) is 5.25. The number of hydrogen-bond donors (Lipinski definition) is 2. The molecular formula is C13H18N4O2S. The fraction of sp³-hybridized carbons (Fsp3) is 0.385. The normalized spacial score (nSPS) is 12.6. The molecule has 0 aliphatic heterocycles. The second kappa shape index (κ2) is 7.28. The number of hydrogen-bond acceptors (Lipinski definition) is 6. The Morgan fingerprint density at radius 2 is 1.90 bits per heavy atom. The number of rotatable bonds is 7. The zero-order chi connectivity index (χ0) is 14.4. The van der Waals surface area contributed by atoms with Crippen molar-refractivity contribution in [2.24, 2.45) is 0 Å². The van der Waals surface area contributed by atoms with Crippen molar-refractivity contribution in [2.45, 2.75) is 29.3 Å². The number of benzene rings is 1. The molecule has 0 saturated carbocycles. The van der Waals surface area contributed by atoms with Crippen LogP contribution < -0.4 is 5.32 Å². The number of methoxy groups -OCH3 is 2. The van der Waals surface area contributed by atoms with Crippen LogP contribution in [0.5, 0.6) is 0 Å². The molecule has 1 atom stereocenters. The summed E-state index contributed by atoms with van der Waals surface area (Å²) in [6, 6.07) is 8.13. The number of ether oxygens (including phenoxy) is 2. The molecule has 7 heteroatoms. The van der Waals surface area contributed by atoms with Crippen LogP contribution in [0, 0.1) is 0 Å². The van der Waals surface area contributed by atoms with Crippen LogP contribution in [0.15, 0.2) is 40.6 Å². The number of nitrogens with one attached hydrogen (secondary N) is 2. The molecule has 1 aromatic carbocycles. The third-order valence-electron chi connectivity index (χ3n) is 2.73. The SMILES string of the molecule is COC(OC)C(C)Nc1ccc(Sc2ncn[nH]2)cc1. The van der Waals surface area contributed by atoms with Crippen LogP contribution in [0.3, 0.4) is 0 Å². The van der Waals surface area contributed by atoms with E-state index in [1.54, 1.807) is 14.2 Å². The summed E-state index contributed by atoms with van der Waals surface area (Å²) < 4.78 is 10.4. The van der Waals surface area contributed by atoms with Gasteiger partial charge in [0.15, 0.2) is 11.4 Å². The third-order valence-corrected chi connectivity index (χ3v) is 3.63. The molecule has 1 unspecified atom stereocenters. The number of aromatic amines is 1. The van der Waals surface area contributed by atoms with Gasteiger partial charge in [-0.3, -0.25) is 5.10 Å². The first-order valence-electron chi connectivity index (χ1n) is 6.18. The van der Waals surface area contributed by atoms with E-state index in [1.807, 2.05) is 31.2 Å². The zero-order valence-electron chi connectivity index (χ0n) is 11.7. The average Bonchev–Trinajstić information content (AvgIpc) is 2.95. The minimum absolute atomic E-state index is 0.0535. The van der Waals surface area contributed by atoms with Crippen molar-refractivity contribution in [1.82, 2.24) is 15.2 Å². The van der Waals surface area contributed by atoms with Crippen LogP contribution in [0.25, 0.3) is 0 Å². The molecule has 0 fully saturated rings. The molecule has 0 saturated heterocycles. The molecule has 1 heterocycles. The van der Waals surface area contributed by atoms with Gasteiger partial charge in [-0.2, -0.15) is 5.10 Å². The fourth-order valence-corrected chi connectivity index (χ4v) is 2.50. The van der Waals surface area contributed by atoms with Crippen molar-refractivity contribution in [3.05, 3.63) is 30.6 Å². The highest BCUT2D eigenvalue weighted by atomic mass is 32.2. The Labute approximate surface area is 122 Å². The van der Waals surface area contributed by atoms with Gasteiger partial charge in [-0.25, -0.2) is 4.98 Å². The molecule has 108 valence electrons.